The van der Waals surface area contributed by atoms with Gasteiger partial charge in [-0.25, -0.2) is 26.9 Å². The number of aromatic nitrogens is 3. The number of hydrogen-bond donors (Lipinski definition) is 3. The fourth-order valence-electron chi connectivity index (χ4n) is 4.23. The van der Waals surface area contributed by atoms with Gasteiger partial charge in [-0.3, -0.25) is 9.59 Å². The van der Waals surface area contributed by atoms with Gasteiger partial charge in [0, 0.05) is 41.2 Å². The molecule has 188 valence electrons. The van der Waals surface area contributed by atoms with Crippen LogP contribution in [0.1, 0.15) is 17.3 Å². The Hall–Kier alpha value is -4.67. The first-order chi connectivity index (χ1) is 17.7. The van der Waals surface area contributed by atoms with E-state index < -0.39 is 46.5 Å². The summed E-state index contributed by atoms with van der Waals surface area (Å²) in [4.78, 5) is 45.0. The van der Waals surface area contributed by atoms with E-state index in [1.165, 1.54) is 24.3 Å². The molecule has 0 saturated heterocycles. The van der Waals surface area contributed by atoms with Crippen molar-refractivity contribution in [2.24, 2.45) is 0 Å². The number of hydrogen-bond acceptors (Lipinski definition) is 3. The molecule has 0 bridgehead atoms. The molecule has 1 unspecified atom stereocenters. The van der Waals surface area contributed by atoms with Gasteiger partial charge in [0.1, 0.15) is 29.3 Å². The van der Waals surface area contributed by atoms with Crippen molar-refractivity contribution in [1.29, 1.82) is 0 Å². The zero-order chi connectivity index (χ0) is 26.3. The second-order valence-electron chi connectivity index (χ2n) is 8.49. The maximum absolute atomic E-state index is 14.1. The molecule has 1 amide bonds. The number of H-pyrrole nitrogens is 2. The van der Waals surface area contributed by atoms with Gasteiger partial charge in [-0.2, -0.15) is 0 Å². The molecule has 37 heavy (non-hydrogen) atoms. The Morgan fingerprint density at radius 2 is 1.51 bits per heavy atom. The topological polar surface area (TPSA) is 99.8 Å². The molecule has 3 N–H and O–H groups in total. The lowest BCUT2D eigenvalue weighted by Gasteiger charge is -2.19. The summed E-state index contributed by atoms with van der Waals surface area (Å²) in [6.45, 7) is -0.353. The van der Waals surface area contributed by atoms with Gasteiger partial charge in [0.2, 0.25) is 5.91 Å². The average molecular weight is 510 g/mol. The largest absolute Gasteiger partial charge is 0.358 e. The molecular weight excluding hydrogens is 492 g/mol. The summed E-state index contributed by atoms with van der Waals surface area (Å²) in [5, 5.41) is 2.82. The highest BCUT2D eigenvalue weighted by molar-refractivity contribution is 5.83. The Kier molecular flexibility index (Phi) is 6.12. The van der Waals surface area contributed by atoms with Gasteiger partial charge in [-0.05, 0) is 48.5 Å². The lowest BCUT2D eigenvalue weighted by Crippen LogP contribution is -2.45. The molecule has 5 aromatic rings. The van der Waals surface area contributed by atoms with Crippen molar-refractivity contribution in [1.82, 2.24) is 19.9 Å². The molecule has 2 heterocycles. The molecule has 0 fully saturated rings. The summed E-state index contributed by atoms with van der Waals surface area (Å²) in [7, 11) is 0. The third-order valence-electron chi connectivity index (χ3n) is 6.03. The van der Waals surface area contributed by atoms with Crippen LogP contribution in [0.4, 0.5) is 17.6 Å². The number of carbonyl (C=O) groups is 1. The summed E-state index contributed by atoms with van der Waals surface area (Å²) in [6, 6.07) is 10.2. The first kappa shape index (κ1) is 24.0. The first-order valence-electron chi connectivity index (χ1n) is 11.1. The van der Waals surface area contributed by atoms with Crippen molar-refractivity contribution >= 4 is 27.7 Å². The summed E-state index contributed by atoms with van der Waals surface area (Å²) in [6.07, 6.45) is -0.210. The van der Waals surface area contributed by atoms with Crippen molar-refractivity contribution < 1.29 is 22.4 Å². The van der Waals surface area contributed by atoms with E-state index in [-0.39, 0.29) is 29.4 Å². The van der Waals surface area contributed by atoms with E-state index >= 15 is 0 Å². The van der Waals surface area contributed by atoms with E-state index in [1.54, 1.807) is 6.07 Å². The molecule has 11 heteroatoms. The van der Waals surface area contributed by atoms with E-state index in [0.717, 1.165) is 24.3 Å². The maximum Gasteiger partial charge on any atom is 0.329 e. The Bertz CT molecular complexity index is 1790. The summed E-state index contributed by atoms with van der Waals surface area (Å²) in [5.41, 5.74) is -0.796. The molecule has 0 radical (unpaired) electrons. The predicted molar refractivity (Wildman–Crippen MR) is 128 cm³/mol. The summed E-state index contributed by atoms with van der Waals surface area (Å²) in [5.74, 6) is -3.68. The zero-order valence-corrected chi connectivity index (χ0v) is 18.9. The van der Waals surface area contributed by atoms with E-state index in [2.05, 4.69) is 15.3 Å². The van der Waals surface area contributed by atoms with E-state index in [1.807, 2.05) is 0 Å². The lowest BCUT2D eigenvalue weighted by atomic mass is 10.1. The minimum Gasteiger partial charge on any atom is -0.358 e. The molecule has 5 rings (SSSR count). The van der Waals surface area contributed by atoms with Crippen LogP contribution in [0.2, 0.25) is 0 Å². The van der Waals surface area contributed by atoms with Gasteiger partial charge < -0.3 is 15.3 Å². The summed E-state index contributed by atoms with van der Waals surface area (Å²) >= 11 is 0. The summed E-state index contributed by atoms with van der Waals surface area (Å²) < 4.78 is 55.5. The number of nitrogens with zero attached hydrogens (tertiary/aromatic N) is 1. The Morgan fingerprint density at radius 1 is 0.838 bits per heavy atom. The molecule has 0 aliphatic rings. The molecule has 7 nitrogen and oxygen atoms in total. The minimum atomic E-state index is -1.45. The Morgan fingerprint density at radius 3 is 2.27 bits per heavy atom. The van der Waals surface area contributed by atoms with Gasteiger partial charge >= 0.3 is 5.69 Å². The monoisotopic (exact) mass is 510 g/mol. The number of halogens is 4. The zero-order valence-electron chi connectivity index (χ0n) is 18.9. The van der Waals surface area contributed by atoms with Crippen LogP contribution in [0, 0.1) is 23.3 Å². The SMILES string of the molecule is O=C(NCc1ccc(F)cc1F)C(Cc1cc2cc(F)ccc2[nH]1)n1c(=O)[nH]c2ccc(F)cc2c1=O. The van der Waals surface area contributed by atoms with Crippen LogP contribution in [0.3, 0.4) is 0 Å². The predicted octanol–water partition coefficient (Wildman–Crippen LogP) is 3.83. The average Bonchev–Trinajstić information content (AvgIpc) is 3.24. The second kappa shape index (κ2) is 9.41. The maximum atomic E-state index is 14.1. The molecule has 0 saturated carbocycles. The van der Waals surface area contributed by atoms with Crippen LogP contribution >= 0.6 is 0 Å². The molecule has 1 atom stereocenters. The molecule has 0 spiro atoms. The van der Waals surface area contributed by atoms with Gasteiger partial charge in [0.05, 0.1) is 10.9 Å². The van der Waals surface area contributed by atoms with Crippen LogP contribution in [0.5, 0.6) is 0 Å². The fraction of sp³-hybridized carbons (Fsp3) is 0.115. The third kappa shape index (κ3) is 4.75. The number of fused-ring (bicyclic) bond motifs is 2. The first-order valence-corrected chi connectivity index (χ1v) is 11.1. The van der Waals surface area contributed by atoms with Crippen LogP contribution < -0.4 is 16.6 Å². The van der Waals surface area contributed by atoms with Crippen LogP contribution in [0.25, 0.3) is 21.8 Å². The van der Waals surface area contributed by atoms with Crippen LogP contribution in [-0.2, 0) is 17.8 Å². The van der Waals surface area contributed by atoms with E-state index in [0.29, 0.717) is 27.2 Å². The second-order valence-corrected chi connectivity index (χ2v) is 8.49. The highest BCUT2D eigenvalue weighted by Crippen LogP contribution is 2.21. The van der Waals surface area contributed by atoms with Gasteiger partial charge in [0.15, 0.2) is 0 Å². The Balaban J connectivity index is 1.57. The molecule has 0 aliphatic heterocycles. The Labute approximate surface area is 205 Å². The van der Waals surface area contributed by atoms with Gasteiger partial charge in [-0.1, -0.05) is 6.07 Å². The molecule has 0 aliphatic carbocycles. The molecule has 3 aromatic carbocycles. The van der Waals surface area contributed by atoms with Crippen molar-refractivity contribution in [2.45, 2.75) is 19.0 Å². The normalized spacial score (nSPS) is 12.2. The highest BCUT2D eigenvalue weighted by Gasteiger charge is 2.26. The molecular formula is C26H18F4N4O3. The van der Waals surface area contributed by atoms with Crippen molar-refractivity contribution in [3.05, 3.63) is 116 Å². The highest BCUT2D eigenvalue weighted by atomic mass is 19.1. The molecule has 2 aromatic heterocycles. The quantitative estimate of drug-likeness (QED) is 0.303. The van der Waals surface area contributed by atoms with Crippen molar-refractivity contribution in [2.75, 3.05) is 0 Å². The number of benzene rings is 3. The number of aromatic amines is 2. The number of amides is 1. The smallest absolute Gasteiger partial charge is 0.329 e. The van der Waals surface area contributed by atoms with Crippen LogP contribution in [0.15, 0.2) is 70.3 Å². The number of nitrogens with one attached hydrogen (secondary N) is 3. The van der Waals surface area contributed by atoms with Crippen molar-refractivity contribution in [3.8, 4) is 0 Å². The fourth-order valence-corrected chi connectivity index (χ4v) is 4.23. The lowest BCUT2D eigenvalue weighted by molar-refractivity contribution is -0.124. The van der Waals surface area contributed by atoms with Crippen LogP contribution in [-0.4, -0.2) is 20.4 Å². The minimum absolute atomic E-state index is 0.0172. The standard InChI is InChI=1S/C26H18F4N4O3/c27-15-3-5-21-14(7-15)8-18(32-21)11-23(24(35)31-12-13-1-2-17(29)10-20(13)30)34-25(36)19-9-16(28)4-6-22(19)33-26(34)37/h1-10,23,32H,11-12H2,(H,31,35)(H,33,37). The van der Waals surface area contributed by atoms with E-state index in [4.69, 9.17) is 0 Å². The van der Waals surface area contributed by atoms with Gasteiger partial charge in [-0.15, -0.1) is 0 Å². The van der Waals surface area contributed by atoms with Gasteiger partial charge in [0.25, 0.3) is 5.56 Å². The third-order valence-corrected chi connectivity index (χ3v) is 6.03. The number of carbonyl (C=O) groups excluding carboxylic acids is 1. The van der Waals surface area contributed by atoms with E-state index in [9.17, 15) is 31.9 Å². The van der Waals surface area contributed by atoms with Crippen molar-refractivity contribution in [3.63, 3.8) is 0 Å². The number of rotatable bonds is 6.